The van der Waals surface area contributed by atoms with Gasteiger partial charge in [-0.3, -0.25) is 4.79 Å². The molecule has 1 amide bonds. The Morgan fingerprint density at radius 1 is 1.09 bits per heavy atom. The molecule has 0 heterocycles. The van der Waals surface area contributed by atoms with Crippen LogP contribution in [-0.4, -0.2) is 18.7 Å². The summed E-state index contributed by atoms with van der Waals surface area (Å²) in [5.74, 6) is 0.588. The summed E-state index contributed by atoms with van der Waals surface area (Å²) in [5, 5.41) is 3.02. The Bertz CT molecular complexity index is 634. The van der Waals surface area contributed by atoms with E-state index >= 15 is 0 Å². The van der Waals surface area contributed by atoms with Gasteiger partial charge in [-0.15, -0.1) is 11.8 Å². The highest BCUT2D eigenvalue weighted by Crippen LogP contribution is 2.19. The molecule has 0 bridgehead atoms. The van der Waals surface area contributed by atoms with Crippen molar-refractivity contribution in [2.45, 2.75) is 37.5 Å². The summed E-state index contributed by atoms with van der Waals surface area (Å²) in [6.45, 7) is 5.11. The van der Waals surface area contributed by atoms with Gasteiger partial charge < -0.3 is 5.32 Å². The predicted octanol–water partition coefficient (Wildman–Crippen LogP) is 4.89. The van der Waals surface area contributed by atoms with Crippen molar-refractivity contribution in [3.8, 4) is 0 Å². The fourth-order valence-corrected chi connectivity index (χ4v) is 3.09. The molecule has 2 rings (SSSR count). The van der Waals surface area contributed by atoms with Crippen LogP contribution in [0.3, 0.4) is 0 Å². The highest BCUT2D eigenvalue weighted by molar-refractivity contribution is 7.98. The molecule has 2 aromatic carbocycles. The van der Waals surface area contributed by atoms with E-state index in [2.05, 4.69) is 43.4 Å². The summed E-state index contributed by atoms with van der Waals surface area (Å²) < 4.78 is 0. The van der Waals surface area contributed by atoms with Crippen molar-refractivity contribution < 1.29 is 4.79 Å². The molecule has 122 valence electrons. The largest absolute Gasteiger partial charge is 0.352 e. The van der Waals surface area contributed by atoms with Crippen LogP contribution in [0.2, 0.25) is 0 Å². The number of nitrogens with one attached hydrogen (secondary N) is 1. The highest BCUT2D eigenvalue weighted by atomic mass is 32.2. The Labute approximate surface area is 143 Å². The highest BCUT2D eigenvalue weighted by Gasteiger charge is 2.09. The third-order valence-corrected chi connectivity index (χ3v) is 4.72. The zero-order valence-corrected chi connectivity index (χ0v) is 15.0. The summed E-state index contributed by atoms with van der Waals surface area (Å²) in [7, 11) is 0. The van der Waals surface area contributed by atoms with Gasteiger partial charge in [0.25, 0.3) is 5.91 Å². The van der Waals surface area contributed by atoms with Crippen molar-refractivity contribution in [2.75, 3.05) is 12.8 Å². The molecule has 0 saturated carbocycles. The van der Waals surface area contributed by atoms with Gasteiger partial charge in [-0.25, -0.2) is 0 Å². The summed E-state index contributed by atoms with van der Waals surface area (Å²) in [4.78, 5) is 13.3. The first kappa shape index (κ1) is 17.6. The molecule has 0 spiro atoms. The van der Waals surface area contributed by atoms with Crippen molar-refractivity contribution in [3.63, 3.8) is 0 Å². The number of hydrogen-bond acceptors (Lipinski definition) is 2. The standard InChI is InChI=1S/C20H25NOS/c1-15(2)17-12-10-16(11-13-17)7-6-14-21-20(22)18-8-4-5-9-19(18)23-3/h4-5,8-13,15H,6-7,14H2,1-3H3,(H,21,22). The zero-order chi connectivity index (χ0) is 16.7. The van der Waals surface area contributed by atoms with Crippen molar-refractivity contribution in [3.05, 3.63) is 65.2 Å². The van der Waals surface area contributed by atoms with Gasteiger partial charge in [-0.05, 0) is 48.3 Å². The zero-order valence-electron chi connectivity index (χ0n) is 14.1. The summed E-state index contributed by atoms with van der Waals surface area (Å²) in [6, 6.07) is 16.5. The van der Waals surface area contributed by atoms with E-state index in [9.17, 15) is 4.79 Å². The second-order valence-corrected chi connectivity index (χ2v) is 6.80. The molecule has 3 heteroatoms. The van der Waals surface area contributed by atoms with Crippen LogP contribution >= 0.6 is 11.8 Å². The summed E-state index contributed by atoms with van der Waals surface area (Å²) in [5.41, 5.74) is 3.46. The number of carbonyl (C=O) groups is 1. The van der Waals surface area contributed by atoms with Crippen LogP contribution in [0.5, 0.6) is 0 Å². The van der Waals surface area contributed by atoms with E-state index in [-0.39, 0.29) is 5.91 Å². The van der Waals surface area contributed by atoms with Crippen LogP contribution in [0.25, 0.3) is 0 Å². The third-order valence-electron chi connectivity index (χ3n) is 3.93. The topological polar surface area (TPSA) is 29.1 Å². The van der Waals surface area contributed by atoms with Crippen LogP contribution in [0, 0.1) is 0 Å². The van der Waals surface area contributed by atoms with E-state index in [0.717, 1.165) is 23.3 Å². The molecule has 0 saturated heterocycles. The minimum absolute atomic E-state index is 0.0186. The lowest BCUT2D eigenvalue weighted by Gasteiger charge is -2.09. The molecule has 0 unspecified atom stereocenters. The van der Waals surface area contributed by atoms with E-state index in [1.807, 2.05) is 30.5 Å². The fraction of sp³-hybridized carbons (Fsp3) is 0.350. The second kappa shape index (κ2) is 8.78. The number of thioether (sulfide) groups is 1. The number of aryl methyl sites for hydroxylation is 1. The Morgan fingerprint density at radius 2 is 1.78 bits per heavy atom. The van der Waals surface area contributed by atoms with E-state index < -0.39 is 0 Å². The number of rotatable bonds is 7. The SMILES string of the molecule is CSc1ccccc1C(=O)NCCCc1ccc(C(C)C)cc1. The van der Waals surface area contributed by atoms with Crippen LogP contribution in [0.4, 0.5) is 0 Å². The number of amides is 1. The average molecular weight is 327 g/mol. The first-order chi connectivity index (χ1) is 11.1. The Kier molecular flexibility index (Phi) is 6.72. The predicted molar refractivity (Wildman–Crippen MR) is 99.4 cm³/mol. The van der Waals surface area contributed by atoms with Crippen LogP contribution in [-0.2, 0) is 6.42 Å². The van der Waals surface area contributed by atoms with Crippen LogP contribution in [0.1, 0.15) is 47.7 Å². The van der Waals surface area contributed by atoms with E-state index in [1.54, 1.807) is 11.8 Å². The lowest BCUT2D eigenvalue weighted by Crippen LogP contribution is -2.25. The van der Waals surface area contributed by atoms with Gasteiger partial charge >= 0.3 is 0 Å². The number of hydrogen-bond donors (Lipinski definition) is 1. The number of benzene rings is 2. The van der Waals surface area contributed by atoms with Gasteiger partial charge in [0, 0.05) is 11.4 Å². The molecular formula is C20H25NOS. The van der Waals surface area contributed by atoms with Gasteiger partial charge in [0.1, 0.15) is 0 Å². The molecular weight excluding hydrogens is 302 g/mol. The van der Waals surface area contributed by atoms with E-state index in [4.69, 9.17) is 0 Å². The molecule has 0 aliphatic rings. The molecule has 1 N–H and O–H groups in total. The maximum atomic E-state index is 12.2. The summed E-state index contributed by atoms with van der Waals surface area (Å²) >= 11 is 1.60. The lowest BCUT2D eigenvalue weighted by molar-refractivity contribution is 0.0950. The molecule has 23 heavy (non-hydrogen) atoms. The molecule has 0 aromatic heterocycles. The molecule has 0 aliphatic carbocycles. The fourth-order valence-electron chi connectivity index (χ4n) is 2.49. The quantitative estimate of drug-likeness (QED) is 0.579. The lowest BCUT2D eigenvalue weighted by atomic mass is 10.0. The van der Waals surface area contributed by atoms with Crippen molar-refractivity contribution >= 4 is 17.7 Å². The third kappa shape index (κ3) is 5.14. The maximum Gasteiger partial charge on any atom is 0.252 e. The first-order valence-corrected chi connectivity index (χ1v) is 9.34. The second-order valence-electron chi connectivity index (χ2n) is 5.96. The van der Waals surface area contributed by atoms with Gasteiger partial charge in [0.05, 0.1) is 5.56 Å². The van der Waals surface area contributed by atoms with Gasteiger partial charge in [-0.2, -0.15) is 0 Å². The van der Waals surface area contributed by atoms with Crippen LogP contribution < -0.4 is 5.32 Å². The maximum absolute atomic E-state index is 12.2. The Hall–Kier alpha value is -1.74. The Morgan fingerprint density at radius 3 is 2.43 bits per heavy atom. The van der Waals surface area contributed by atoms with Crippen molar-refractivity contribution in [2.24, 2.45) is 0 Å². The molecule has 0 radical (unpaired) electrons. The van der Waals surface area contributed by atoms with Gasteiger partial charge in [0.2, 0.25) is 0 Å². The minimum Gasteiger partial charge on any atom is -0.352 e. The van der Waals surface area contributed by atoms with Crippen molar-refractivity contribution in [1.29, 1.82) is 0 Å². The van der Waals surface area contributed by atoms with E-state index in [1.165, 1.54) is 11.1 Å². The first-order valence-electron chi connectivity index (χ1n) is 8.12. The van der Waals surface area contributed by atoms with Gasteiger partial charge in [-0.1, -0.05) is 50.2 Å². The monoisotopic (exact) mass is 327 g/mol. The molecule has 2 aromatic rings. The number of carbonyl (C=O) groups excluding carboxylic acids is 1. The average Bonchev–Trinajstić information content (AvgIpc) is 2.58. The molecule has 0 aliphatic heterocycles. The normalized spacial score (nSPS) is 10.8. The van der Waals surface area contributed by atoms with Crippen LogP contribution in [0.15, 0.2) is 53.4 Å². The molecule has 0 atom stereocenters. The smallest absolute Gasteiger partial charge is 0.252 e. The van der Waals surface area contributed by atoms with Gasteiger partial charge in [0.15, 0.2) is 0 Å². The molecule has 0 fully saturated rings. The molecule has 2 nitrogen and oxygen atoms in total. The minimum atomic E-state index is 0.0186. The Balaban J connectivity index is 1.80. The van der Waals surface area contributed by atoms with E-state index in [0.29, 0.717) is 12.5 Å². The van der Waals surface area contributed by atoms with Crippen molar-refractivity contribution in [1.82, 2.24) is 5.32 Å². The summed E-state index contributed by atoms with van der Waals surface area (Å²) in [6.07, 6.45) is 3.93.